The molecule has 3 rings (SSSR count). The molecule has 2 amide bonds. The second kappa shape index (κ2) is 8.62. The van der Waals surface area contributed by atoms with Crippen molar-refractivity contribution in [3.05, 3.63) is 84.1 Å². The van der Waals surface area contributed by atoms with E-state index in [0.29, 0.717) is 29.3 Å². The molecule has 0 atom stereocenters. The highest BCUT2D eigenvalue weighted by Gasteiger charge is 2.07. The van der Waals surface area contributed by atoms with Gasteiger partial charge in [-0.1, -0.05) is 30.3 Å². The van der Waals surface area contributed by atoms with Gasteiger partial charge < -0.3 is 16.0 Å². The lowest BCUT2D eigenvalue weighted by Crippen LogP contribution is -2.13. The third kappa shape index (κ3) is 5.40. The number of carbonyl (C=O) groups is 2. The van der Waals surface area contributed by atoms with Crippen molar-refractivity contribution in [1.29, 1.82) is 0 Å². The molecule has 136 valence electrons. The Morgan fingerprint density at radius 1 is 0.852 bits per heavy atom. The summed E-state index contributed by atoms with van der Waals surface area (Å²) in [5.74, 6) is 0.318. The van der Waals surface area contributed by atoms with Crippen LogP contribution in [0.1, 0.15) is 22.8 Å². The molecule has 0 saturated heterocycles. The molecule has 2 aromatic carbocycles. The molecule has 0 fully saturated rings. The van der Waals surface area contributed by atoms with Crippen molar-refractivity contribution >= 4 is 29.0 Å². The summed E-state index contributed by atoms with van der Waals surface area (Å²) >= 11 is 0. The van der Waals surface area contributed by atoms with E-state index in [9.17, 15) is 9.59 Å². The lowest BCUT2D eigenvalue weighted by atomic mass is 10.2. The smallest absolute Gasteiger partial charge is 0.257 e. The zero-order valence-electron chi connectivity index (χ0n) is 14.9. The minimum atomic E-state index is -0.246. The maximum absolute atomic E-state index is 12.3. The maximum atomic E-state index is 12.3. The molecule has 0 bridgehead atoms. The quantitative estimate of drug-likeness (QED) is 0.622. The fourth-order valence-electron chi connectivity index (χ4n) is 2.46. The largest absolute Gasteiger partial charge is 0.366 e. The maximum Gasteiger partial charge on any atom is 0.257 e. The number of hydrogen-bond acceptors (Lipinski definition) is 4. The molecule has 3 aromatic rings. The average Bonchev–Trinajstić information content (AvgIpc) is 2.69. The Labute approximate surface area is 157 Å². The summed E-state index contributed by atoms with van der Waals surface area (Å²) in [5.41, 5.74) is 2.94. The Hall–Kier alpha value is -3.67. The standard InChI is InChI=1S/C21H20N4O2/c1-15(26)24-18-8-10-19(11-9-18)25-21(27)17-7-12-20(23-14-17)22-13-16-5-3-2-4-6-16/h2-12,14H,13H2,1H3,(H,22,23)(H,24,26)(H,25,27). The number of amides is 2. The van der Waals surface area contributed by atoms with Crippen molar-refractivity contribution in [2.75, 3.05) is 16.0 Å². The van der Waals surface area contributed by atoms with Gasteiger partial charge in [0.1, 0.15) is 5.82 Å². The van der Waals surface area contributed by atoms with E-state index >= 15 is 0 Å². The first-order valence-electron chi connectivity index (χ1n) is 8.53. The molecule has 0 aliphatic carbocycles. The van der Waals surface area contributed by atoms with E-state index in [0.717, 1.165) is 5.56 Å². The van der Waals surface area contributed by atoms with Gasteiger partial charge >= 0.3 is 0 Å². The lowest BCUT2D eigenvalue weighted by Gasteiger charge is -2.08. The molecule has 3 N–H and O–H groups in total. The van der Waals surface area contributed by atoms with Gasteiger partial charge in [0, 0.05) is 31.0 Å². The van der Waals surface area contributed by atoms with E-state index in [2.05, 4.69) is 20.9 Å². The Bertz CT molecular complexity index is 907. The van der Waals surface area contributed by atoms with Crippen LogP contribution in [0.5, 0.6) is 0 Å². The summed E-state index contributed by atoms with van der Waals surface area (Å²) in [7, 11) is 0. The van der Waals surface area contributed by atoms with Crippen molar-refractivity contribution in [2.24, 2.45) is 0 Å². The SMILES string of the molecule is CC(=O)Nc1ccc(NC(=O)c2ccc(NCc3ccccc3)nc2)cc1. The molecule has 6 nitrogen and oxygen atoms in total. The number of hydrogen-bond donors (Lipinski definition) is 3. The van der Waals surface area contributed by atoms with Crippen LogP contribution in [-0.4, -0.2) is 16.8 Å². The van der Waals surface area contributed by atoms with Gasteiger partial charge in [-0.2, -0.15) is 0 Å². The second-order valence-electron chi connectivity index (χ2n) is 5.98. The van der Waals surface area contributed by atoms with Gasteiger partial charge in [0.15, 0.2) is 0 Å². The summed E-state index contributed by atoms with van der Waals surface area (Å²) in [6.07, 6.45) is 1.54. The number of nitrogens with one attached hydrogen (secondary N) is 3. The van der Waals surface area contributed by atoms with Gasteiger partial charge in [-0.05, 0) is 42.0 Å². The van der Waals surface area contributed by atoms with E-state index < -0.39 is 0 Å². The van der Waals surface area contributed by atoms with Crippen LogP contribution in [-0.2, 0) is 11.3 Å². The Morgan fingerprint density at radius 3 is 2.11 bits per heavy atom. The van der Waals surface area contributed by atoms with Gasteiger partial charge in [-0.3, -0.25) is 9.59 Å². The fraction of sp³-hybridized carbons (Fsp3) is 0.0952. The number of pyridine rings is 1. The first kappa shape index (κ1) is 18.1. The van der Waals surface area contributed by atoms with E-state index in [-0.39, 0.29) is 11.8 Å². The molecular formula is C21H20N4O2. The molecular weight excluding hydrogens is 340 g/mol. The van der Waals surface area contributed by atoms with Gasteiger partial charge in [-0.15, -0.1) is 0 Å². The van der Waals surface area contributed by atoms with Gasteiger partial charge in [-0.25, -0.2) is 4.98 Å². The number of aromatic nitrogens is 1. The average molecular weight is 360 g/mol. The van der Waals surface area contributed by atoms with Crippen molar-refractivity contribution in [1.82, 2.24) is 4.98 Å². The number of rotatable bonds is 6. The molecule has 1 aromatic heterocycles. The lowest BCUT2D eigenvalue weighted by molar-refractivity contribution is -0.114. The number of benzene rings is 2. The number of anilines is 3. The Balaban J connectivity index is 1.56. The van der Waals surface area contributed by atoms with Gasteiger partial charge in [0.25, 0.3) is 5.91 Å². The van der Waals surface area contributed by atoms with Crippen LogP contribution < -0.4 is 16.0 Å². The normalized spacial score (nSPS) is 10.1. The molecule has 0 aliphatic rings. The van der Waals surface area contributed by atoms with Crippen LogP contribution in [0.3, 0.4) is 0 Å². The molecule has 0 aliphatic heterocycles. The first-order chi connectivity index (χ1) is 13.1. The minimum absolute atomic E-state index is 0.140. The topological polar surface area (TPSA) is 83.1 Å². The summed E-state index contributed by atoms with van der Waals surface area (Å²) in [4.78, 5) is 27.6. The van der Waals surface area contributed by atoms with Crippen LogP contribution in [0, 0.1) is 0 Å². The van der Waals surface area contributed by atoms with Crippen molar-refractivity contribution in [2.45, 2.75) is 13.5 Å². The van der Waals surface area contributed by atoms with Crippen molar-refractivity contribution in [3.63, 3.8) is 0 Å². The van der Waals surface area contributed by atoms with E-state index in [1.165, 1.54) is 13.1 Å². The minimum Gasteiger partial charge on any atom is -0.366 e. The number of nitrogens with zero attached hydrogens (tertiary/aromatic N) is 1. The van der Waals surface area contributed by atoms with Crippen LogP contribution >= 0.6 is 0 Å². The highest BCUT2D eigenvalue weighted by atomic mass is 16.2. The first-order valence-corrected chi connectivity index (χ1v) is 8.53. The third-order valence-corrected chi connectivity index (χ3v) is 3.81. The molecule has 0 spiro atoms. The molecule has 0 saturated carbocycles. The van der Waals surface area contributed by atoms with E-state index in [1.807, 2.05) is 30.3 Å². The monoisotopic (exact) mass is 360 g/mol. The Morgan fingerprint density at radius 2 is 1.52 bits per heavy atom. The summed E-state index contributed by atoms with van der Waals surface area (Å²) in [6, 6.07) is 20.4. The van der Waals surface area contributed by atoms with Crippen molar-refractivity contribution in [3.8, 4) is 0 Å². The van der Waals surface area contributed by atoms with Gasteiger partial charge in [0.05, 0.1) is 5.56 Å². The van der Waals surface area contributed by atoms with Crippen LogP contribution in [0.4, 0.5) is 17.2 Å². The summed E-state index contributed by atoms with van der Waals surface area (Å²) in [5, 5.41) is 8.70. The zero-order chi connectivity index (χ0) is 19.1. The predicted molar refractivity (Wildman–Crippen MR) is 107 cm³/mol. The fourth-order valence-corrected chi connectivity index (χ4v) is 2.46. The van der Waals surface area contributed by atoms with Crippen molar-refractivity contribution < 1.29 is 9.59 Å². The highest BCUT2D eigenvalue weighted by Crippen LogP contribution is 2.15. The highest BCUT2D eigenvalue weighted by molar-refractivity contribution is 6.04. The van der Waals surface area contributed by atoms with Crippen LogP contribution in [0.2, 0.25) is 0 Å². The summed E-state index contributed by atoms with van der Waals surface area (Å²) in [6.45, 7) is 2.11. The Kier molecular flexibility index (Phi) is 5.79. The second-order valence-corrected chi connectivity index (χ2v) is 5.98. The third-order valence-electron chi connectivity index (χ3n) is 3.81. The predicted octanol–water partition coefficient (Wildman–Crippen LogP) is 3.90. The van der Waals surface area contributed by atoms with E-state index in [1.54, 1.807) is 36.4 Å². The number of carbonyl (C=O) groups excluding carboxylic acids is 2. The van der Waals surface area contributed by atoms with Crippen LogP contribution in [0.25, 0.3) is 0 Å². The zero-order valence-corrected chi connectivity index (χ0v) is 14.9. The van der Waals surface area contributed by atoms with E-state index in [4.69, 9.17) is 0 Å². The van der Waals surface area contributed by atoms with Gasteiger partial charge in [0.2, 0.25) is 5.91 Å². The molecule has 1 heterocycles. The summed E-state index contributed by atoms with van der Waals surface area (Å²) < 4.78 is 0. The van der Waals surface area contributed by atoms with Crippen LogP contribution in [0.15, 0.2) is 72.9 Å². The molecule has 0 radical (unpaired) electrons. The molecule has 0 unspecified atom stereocenters. The molecule has 27 heavy (non-hydrogen) atoms. The molecule has 6 heteroatoms.